The number of hydrogen-bond acceptors (Lipinski definition) is 1. The Balaban J connectivity index is 1.97. The zero-order valence-corrected chi connectivity index (χ0v) is 5.77. The summed E-state index contributed by atoms with van der Waals surface area (Å²) >= 11 is 0. The number of rotatable bonds is 0. The van der Waals surface area contributed by atoms with E-state index in [0.717, 1.165) is 11.5 Å². The molecular formula is C8H13N. The van der Waals surface area contributed by atoms with Crippen LogP contribution in [-0.4, -0.2) is 23.5 Å². The van der Waals surface area contributed by atoms with Gasteiger partial charge in [0.15, 0.2) is 0 Å². The molecule has 9 heavy (non-hydrogen) atoms. The minimum Gasteiger partial charge on any atom is -0.297 e. The molecule has 3 fully saturated rings. The van der Waals surface area contributed by atoms with Crippen LogP contribution in [-0.2, 0) is 0 Å². The molecule has 0 bridgehead atoms. The average molecular weight is 123 g/mol. The van der Waals surface area contributed by atoms with Crippen molar-refractivity contribution in [1.82, 2.24) is 4.90 Å². The van der Waals surface area contributed by atoms with Gasteiger partial charge in [-0.15, -0.1) is 0 Å². The van der Waals surface area contributed by atoms with Crippen molar-refractivity contribution in [3.8, 4) is 0 Å². The van der Waals surface area contributed by atoms with Gasteiger partial charge in [-0.25, -0.2) is 0 Å². The maximum atomic E-state index is 2.71. The van der Waals surface area contributed by atoms with E-state index < -0.39 is 0 Å². The maximum Gasteiger partial charge on any atom is 0.0250 e. The van der Waals surface area contributed by atoms with Crippen LogP contribution in [0.15, 0.2) is 0 Å². The van der Waals surface area contributed by atoms with E-state index in [-0.39, 0.29) is 0 Å². The van der Waals surface area contributed by atoms with Crippen LogP contribution in [0.2, 0.25) is 0 Å². The molecule has 1 nitrogen and oxygen atoms in total. The molecule has 2 atom stereocenters. The first kappa shape index (κ1) is 4.73. The standard InChI is InChI=1S/C8H13N/c1-3-8-4-6-9(8)5-2-7(1)8/h7H,1-6H2. The van der Waals surface area contributed by atoms with Gasteiger partial charge in [0.25, 0.3) is 0 Å². The predicted molar refractivity (Wildman–Crippen MR) is 36.3 cm³/mol. The summed E-state index contributed by atoms with van der Waals surface area (Å²) in [5.74, 6) is 1.13. The van der Waals surface area contributed by atoms with Crippen molar-refractivity contribution in [2.45, 2.75) is 31.2 Å². The van der Waals surface area contributed by atoms with Crippen LogP contribution in [0.1, 0.15) is 25.7 Å². The molecule has 1 saturated carbocycles. The summed E-state index contributed by atoms with van der Waals surface area (Å²) < 4.78 is 0. The Morgan fingerprint density at radius 1 is 1.11 bits per heavy atom. The molecule has 2 heterocycles. The molecule has 1 aliphatic carbocycles. The molecule has 3 aliphatic rings. The highest BCUT2D eigenvalue weighted by Gasteiger charge is 2.59. The molecule has 0 N–H and O–H groups in total. The van der Waals surface area contributed by atoms with Gasteiger partial charge in [0.2, 0.25) is 0 Å². The largest absolute Gasteiger partial charge is 0.297 e. The average Bonchev–Trinajstić information content (AvgIpc) is 1.85. The van der Waals surface area contributed by atoms with Crippen LogP contribution in [0.25, 0.3) is 0 Å². The van der Waals surface area contributed by atoms with Gasteiger partial charge in [-0.1, -0.05) is 0 Å². The van der Waals surface area contributed by atoms with Crippen molar-refractivity contribution in [2.75, 3.05) is 13.1 Å². The Bertz CT molecular complexity index is 135. The molecule has 2 saturated heterocycles. The number of hydrogen-bond donors (Lipinski definition) is 0. The first-order chi connectivity index (χ1) is 4.42. The number of nitrogens with zero attached hydrogens (tertiary/aromatic N) is 1. The summed E-state index contributed by atoms with van der Waals surface area (Å²) in [6.07, 6.45) is 6.10. The minimum atomic E-state index is 0.806. The molecule has 2 unspecified atom stereocenters. The Labute approximate surface area is 56.0 Å². The lowest BCUT2D eigenvalue weighted by Gasteiger charge is -2.58. The fourth-order valence-corrected chi connectivity index (χ4v) is 3.04. The van der Waals surface area contributed by atoms with E-state index in [0.29, 0.717) is 0 Å². The Morgan fingerprint density at radius 3 is 2.44 bits per heavy atom. The molecule has 50 valence electrons. The van der Waals surface area contributed by atoms with Crippen LogP contribution in [0, 0.1) is 5.92 Å². The third kappa shape index (κ3) is 0.337. The van der Waals surface area contributed by atoms with Gasteiger partial charge in [-0.3, -0.25) is 4.90 Å². The van der Waals surface area contributed by atoms with Crippen LogP contribution in [0.4, 0.5) is 0 Å². The van der Waals surface area contributed by atoms with Gasteiger partial charge in [0, 0.05) is 12.1 Å². The topological polar surface area (TPSA) is 3.24 Å². The Morgan fingerprint density at radius 2 is 2.11 bits per heavy atom. The van der Waals surface area contributed by atoms with Gasteiger partial charge in [-0.05, 0) is 38.1 Å². The van der Waals surface area contributed by atoms with Crippen molar-refractivity contribution in [1.29, 1.82) is 0 Å². The van der Waals surface area contributed by atoms with E-state index in [9.17, 15) is 0 Å². The van der Waals surface area contributed by atoms with Crippen LogP contribution >= 0.6 is 0 Å². The molecule has 0 radical (unpaired) electrons. The van der Waals surface area contributed by atoms with E-state index in [1.807, 2.05) is 0 Å². The quantitative estimate of drug-likeness (QED) is 0.468. The minimum absolute atomic E-state index is 0.806. The molecule has 0 aromatic carbocycles. The molecule has 1 heteroatoms. The summed E-state index contributed by atoms with van der Waals surface area (Å²) in [7, 11) is 0. The zero-order valence-electron chi connectivity index (χ0n) is 5.77. The lowest BCUT2D eigenvalue weighted by Crippen LogP contribution is -2.63. The second kappa shape index (κ2) is 1.20. The van der Waals surface area contributed by atoms with Gasteiger partial charge in [0.1, 0.15) is 0 Å². The van der Waals surface area contributed by atoms with Gasteiger partial charge < -0.3 is 0 Å². The van der Waals surface area contributed by atoms with E-state index in [1.54, 1.807) is 0 Å². The molecule has 3 rings (SSSR count). The monoisotopic (exact) mass is 123 g/mol. The van der Waals surface area contributed by atoms with E-state index >= 15 is 0 Å². The highest BCUT2D eigenvalue weighted by atomic mass is 15.3. The predicted octanol–water partition coefficient (Wildman–Crippen LogP) is 1.24. The molecule has 0 aromatic heterocycles. The Kier molecular flexibility index (Phi) is 0.628. The lowest BCUT2D eigenvalue weighted by molar-refractivity contribution is -0.0659. The third-order valence-corrected chi connectivity index (χ3v) is 3.88. The van der Waals surface area contributed by atoms with Gasteiger partial charge >= 0.3 is 0 Å². The van der Waals surface area contributed by atoms with Gasteiger partial charge in [0.05, 0.1) is 0 Å². The smallest absolute Gasteiger partial charge is 0.0250 e. The maximum absolute atomic E-state index is 2.71. The first-order valence-corrected chi connectivity index (χ1v) is 4.17. The summed E-state index contributed by atoms with van der Waals surface area (Å²) in [5, 5.41) is 0. The van der Waals surface area contributed by atoms with Crippen molar-refractivity contribution >= 4 is 0 Å². The van der Waals surface area contributed by atoms with Crippen molar-refractivity contribution in [3.05, 3.63) is 0 Å². The lowest BCUT2D eigenvalue weighted by atomic mass is 9.62. The highest BCUT2D eigenvalue weighted by molar-refractivity contribution is 5.14. The summed E-state index contributed by atoms with van der Waals surface area (Å²) in [5.41, 5.74) is 0.806. The summed E-state index contributed by atoms with van der Waals surface area (Å²) in [4.78, 5) is 2.71. The SMILES string of the molecule is C1CN2CCC23CCC13. The first-order valence-electron chi connectivity index (χ1n) is 4.17. The zero-order chi connectivity index (χ0) is 5.90. The third-order valence-electron chi connectivity index (χ3n) is 3.88. The highest BCUT2D eigenvalue weighted by Crippen LogP contribution is 2.57. The fourth-order valence-electron chi connectivity index (χ4n) is 3.04. The van der Waals surface area contributed by atoms with Crippen molar-refractivity contribution < 1.29 is 0 Å². The molecule has 2 aliphatic heterocycles. The fraction of sp³-hybridized carbons (Fsp3) is 1.00. The summed E-state index contributed by atoms with van der Waals surface area (Å²) in [6.45, 7) is 2.83. The van der Waals surface area contributed by atoms with Gasteiger partial charge in [-0.2, -0.15) is 0 Å². The van der Waals surface area contributed by atoms with E-state index in [2.05, 4.69) is 4.90 Å². The second-order valence-electron chi connectivity index (χ2n) is 3.86. The molecule has 1 spiro atoms. The van der Waals surface area contributed by atoms with Crippen LogP contribution in [0.3, 0.4) is 0 Å². The summed E-state index contributed by atoms with van der Waals surface area (Å²) in [6, 6.07) is 0. The van der Waals surface area contributed by atoms with Crippen LogP contribution < -0.4 is 0 Å². The van der Waals surface area contributed by atoms with Crippen LogP contribution in [0.5, 0.6) is 0 Å². The molecule has 0 amide bonds. The van der Waals surface area contributed by atoms with Crippen molar-refractivity contribution in [3.63, 3.8) is 0 Å². The molecule has 0 aromatic rings. The van der Waals surface area contributed by atoms with E-state index in [1.165, 1.54) is 38.8 Å². The molecular weight excluding hydrogens is 110 g/mol. The van der Waals surface area contributed by atoms with Crippen molar-refractivity contribution in [2.24, 2.45) is 5.92 Å². The Hall–Kier alpha value is -0.0400. The normalized spacial score (nSPS) is 55.3. The second-order valence-corrected chi connectivity index (χ2v) is 3.86. The van der Waals surface area contributed by atoms with E-state index in [4.69, 9.17) is 0 Å².